The highest BCUT2D eigenvalue weighted by Crippen LogP contribution is 2.37. The largest absolute Gasteiger partial charge is 0.490 e. The number of hydrogen-bond donors (Lipinski definition) is 1. The lowest BCUT2D eigenvalue weighted by molar-refractivity contribution is 0.238. The Bertz CT molecular complexity index is 601. The number of nitrogens with zero attached hydrogens (tertiary/aromatic N) is 2. The molecule has 7 heteroatoms. The maximum Gasteiger partial charge on any atom is 0.253 e. The van der Waals surface area contributed by atoms with Gasteiger partial charge in [-0.3, -0.25) is 0 Å². The van der Waals surface area contributed by atoms with E-state index < -0.39 is 0 Å². The molecule has 2 rings (SSSR count). The van der Waals surface area contributed by atoms with Gasteiger partial charge < -0.3 is 19.6 Å². The van der Waals surface area contributed by atoms with Gasteiger partial charge in [-0.25, -0.2) is 0 Å². The third kappa shape index (κ3) is 3.95. The van der Waals surface area contributed by atoms with Gasteiger partial charge in [0, 0.05) is 13.0 Å². The molecular weight excluding hydrogens is 338 g/mol. The van der Waals surface area contributed by atoms with Gasteiger partial charge in [-0.05, 0) is 40.5 Å². The Labute approximate surface area is 131 Å². The lowest BCUT2D eigenvalue weighted by Crippen LogP contribution is -2.03. The minimum atomic E-state index is 0.188. The summed E-state index contributed by atoms with van der Waals surface area (Å²) in [5.74, 6) is 2.27. The van der Waals surface area contributed by atoms with E-state index in [1.54, 1.807) is 0 Å². The summed E-state index contributed by atoms with van der Waals surface area (Å²) in [6.07, 6.45) is 0.700. The minimum absolute atomic E-state index is 0.188. The molecule has 1 aromatic carbocycles. The van der Waals surface area contributed by atoms with Crippen LogP contribution in [0.1, 0.15) is 31.2 Å². The van der Waals surface area contributed by atoms with Crippen molar-refractivity contribution < 1.29 is 13.9 Å². The van der Waals surface area contributed by atoms with E-state index in [-0.39, 0.29) is 6.61 Å². The van der Waals surface area contributed by atoms with E-state index in [9.17, 15) is 0 Å². The second-order valence-electron chi connectivity index (χ2n) is 4.27. The average Bonchev–Trinajstić information content (AvgIpc) is 2.94. The van der Waals surface area contributed by atoms with Crippen molar-refractivity contribution in [2.24, 2.45) is 5.73 Å². The Hall–Kier alpha value is -1.60. The maximum absolute atomic E-state index is 5.75. The molecule has 0 atom stereocenters. The summed E-state index contributed by atoms with van der Waals surface area (Å²) in [6.45, 7) is 5.03. The third-order valence-electron chi connectivity index (χ3n) is 2.76. The smallest absolute Gasteiger partial charge is 0.253 e. The SMILES string of the molecule is CCOc1cc(CN)cc(Br)c1OCc1nnc(CC)o1. The minimum Gasteiger partial charge on any atom is -0.490 e. The summed E-state index contributed by atoms with van der Waals surface area (Å²) in [7, 11) is 0. The quantitative estimate of drug-likeness (QED) is 0.821. The maximum atomic E-state index is 5.75. The first-order valence-corrected chi connectivity index (χ1v) is 7.56. The van der Waals surface area contributed by atoms with Gasteiger partial charge in [-0.1, -0.05) is 6.92 Å². The molecule has 2 aromatic rings. The van der Waals surface area contributed by atoms with E-state index in [2.05, 4.69) is 26.1 Å². The van der Waals surface area contributed by atoms with Crippen molar-refractivity contribution in [1.82, 2.24) is 10.2 Å². The van der Waals surface area contributed by atoms with Crippen molar-refractivity contribution in [2.45, 2.75) is 33.4 Å². The van der Waals surface area contributed by atoms with Crippen LogP contribution >= 0.6 is 15.9 Å². The fourth-order valence-electron chi connectivity index (χ4n) is 1.77. The van der Waals surface area contributed by atoms with Gasteiger partial charge in [0.25, 0.3) is 5.89 Å². The van der Waals surface area contributed by atoms with Crippen LogP contribution in [0.15, 0.2) is 21.0 Å². The molecule has 0 amide bonds. The normalized spacial score (nSPS) is 10.7. The van der Waals surface area contributed by atoms with Crippen molar-refractivity contribution in [3.63, 3.8) is 0 Å². The molecule has 6 nitrogen and oxygen atoms in total. The molecule has 0 unspecified atom stereocenters. The van der Waals surface area contributed by atoms with Gasteiger partial charge in [0.05, 0.1) is 11.1 Å². The van der Waals surface area contributed by atoms with Crippen molar-refractivity contribution >= 4 is 15.9 Å². The molecule has 21 heavy (non-hydrogen) atoms. The lowest BCUT2D eigenvalue weighted by Gasteiger charge is -2.14. The van der Waals surface area contributed by atoms with E-state index in [0.29, 0.717) is 42.9 Å². The number of benzene rings is 1. The molecule has 0 spiro atoms. The fourth-order valence-corrected chi connectivity index (χ4v) is 2.37. The second-order valence-corrected chi connectivity index (χ2v) is 5.13. The number of halogens is 1. The van der Waals surface area contributed by atoms with Gasteiger partial charge in [0.2, 0.25) is 5.89 Å². The highest BCUT2D eigenvalue weighted by Gasteiger charge is 2.14. The van der Waals surface area contributed by atoms with Crippen LogP contribution in [-0.2, 0) is 19.6 Å². The number of aromatic nitrogens is 2. The van der Waals surface area contributed by atoms with Crippen molar-refractivity contribution in [2.75, 3.05) is 6.61 Å². The third-order valence-corrected chi connectivity index (χ3v) is 3.35. The standard InChI is InChI=1S/C14H18BrN3O3/c1-3-12-17-18-13(21-12)8-20-14-10(15)5-9(7-16)6-11(14)19-4-2/h5-6H,3-4,7-8,16H2,1-2H3. The summed E-state index contributed by atoms with van der Waals surface area (Å²) in [4.78, 5) is 0. The molecule has 0 aliphatic carbocycles. The highest BCUT2D eigenvalue weighted by atomic mass is 79.9. The fraction of sp³-hybridized carbons (Fsp3) is 0.429. The molecular formula is C14H18BrN3O3. The van der Waals surface area contributed by atoms with Crippen LogP contribution in [-0.4, -0.2) is 16.8 Å². The lowest BCUT2D eigenvalue weighted by atomic mass is 10.2. The van der Waals surface area contributed by atoms with Crippen molar-refractivity contribution in [3.05, 3.63) is 34.0 Å². The van der Waals surface area contributed by atoms with Gasteiger partial charge in [0.15, 0.2) is 18.1 Å². The van der Waals surface area contributed by atoms with Gasteiger partial charge in [0.1, 0.15) is 0 Å². The van der Waals surface area contributed by atoms with E-state index in [4.69, 9.17) is 19.6 Å². The molecule has 0 saturated heterocycles. The predicted octanol–water partition coefficient (Wildman–Crippen LogP) is 2.83. The molecule has 0 fully saturated rings. The molecule has 0 radical (unpaired) electrons. The number of rotatable bonds is 7. The summed E-state index contributed by atoms with van der Waals surface area (Å²) in [5.41, 5.74) is 6.63. The molecule has 114 valence electrons. The number of hydrogen-bond acceptors (Lipinski definition) is 6. The number of nitrogens with two attached hydrogens (primary N) is 1. The zero-order chi connectivity index (χ0) is 15.2. The number of ether oxygens (including phenoxy) is 2. The molecule has 0 aliphatic heterocycles. The number of aryl methyl sites for hydroxylation is 1. The Morgan fingerprint density at radius 1 is 1.19 bits per heavy atom. The van der Waals surface area contributed by atoms with E-state index in [0.717, 1.165) is 10.0 Å². The van der Waals surface area contributed by atoms with Crippen LogP contribution in [0.2, 0.25) is 0 Å². The van der Waals surface area contributed by atoms with Crippen LogP contribution in [0.4, 0.5) is 0 Å². The molecule has 0 aliphatic rings. The molecule has 1 aromatic heterocycles. The summed E-state index contributed by atoms with van der Waals surface area (Å²) in [6, 6.07) is 3.78. The Kier molecular flexibility index (Phi) is 5.58. The Balaban J connectivity index is 2.17. The molecule has 1 heterocycles. The first-order valence-electron chi connectivity index (χ1n) is 6.77. The van der Waals surface area contributed by atoms with Crippen LogP contribution in [0, 0.1) is 0 Å². The zero-order valence-electron chi connectivity index (χ0n) is 12.1. The predicted molar refractivity (Wildman–Crippen MR) is 81.2 cm³/mol. The highest BCUT2D eigenvalue weighted by molar-refractivity contribution is 9.10. The first-order chi connectivity index (χ1) is 10.2. The summed E-state index contributed by atoms with van der Waals surface area (Å²) >= 11 is 3.47. The Morgan fingerprint density at radius 3 is 2.57 bits per heavy atom. The van der Waals surface area contributed by atoms with Crippen LogP contribution in [0.25, 0.3) is 0 Å². The zero-order valence-corrected chi connectivity index (χ0v) is 13.6. The summed E-state index contributed by atoms with van der Waals surface area (Å²) < 4.78 is 17.6. The molecule has 0 saturated carbocycles. The van der Waals surface area contributed by atoms with Crippen LogP contribution < -0.4 is 15.2 Å². The van der Waals surface area contributed by atoms with Gasteiger partial charge in [-0.15, -0.1) is 10.2 Å². The topological polar surface area (TPSA) is 83.4 Å². The van der Waals surface area contributed by atoms with Gasteiger partial charge >= 0.3 is 0 Å². The van der Waals surface area contributed by atoms with E-state index in [1.807, 2.05) is 26.0 Å². The van der Waals surface area contributed by atoms with E-state index >= 15 is 0 Å². The Morgan fingerprint density at radius 2 is 1.95 bits per heavy atom. The average molecular weight is 356 g/mol. The van der Waals surface area contributed by atoms with Crippen LogP contribution in [0.3, 0.4) is 0 Å². The van der Waals surface area contributed by atoms with E-state index in [1.165, 1.54) is 0 Å². The molecule has 0 bridgehead atoms. The van der Waals surface area contributed by atoms with Gasteiger partial charge in [-0.2, -0.15) is 0 Å². The van der Waals surface area contributed by atoms with Crippen molar-refractivity contribution in [3.8, 4) is 11.5 Å². The second kappa shape index (κ2) is 7.42. The van der Waals surface area contributed by atoms with Crippen LogP contribution in [0.5, 0.6) is 11.5 Å². The molecule has 2 N–H and O–H groups in total. The monoisotopic (exact) mass is 355 g/mol. The van der Waals surface area contributed by atoms with Crippen molar-refractivity contribution in [1.29, 1.82) is 0 Å². The first kappa shape index (κ1) is 15.8. The summed E-state index contributed by atoms with van der Waals surface area (Å²) in [5, 5.41) is 7.82.